The van der Waals surface area contributed by atoms with Gasteiger partial charge in [-0.15, -0.1) is 0 Å². The van der Waals surface area contributed by atoms with Gasteiger partial charge in [-0.25, -0.2) is 9.97 Å². The van der Waals surface area contributed by atoms with Crippen molar-refractivity contribution >= 4 is 44.9 Å². The number of fused-ring (bicyclic) bond motifs is 5. The highest BCUT2D eigenvalue weighted by molar-refractivity contribution is 5.92. The topological polar surface area (TPSA) is 43.3 Å². The van der Waals surface area contributed by atoms with Gasteiger partial charge in [0.25, 0.3) is 0 Å². The summed E-state index contributed by atoms with van der Waals surface area (Å²) in [6.45, 7) is 0. The summed E-state index contributed by atoms with van der Waals surface area (Å²) >= 11 is 0. The molecule has 0 bridgehead atoms. The van der Waals surface area contributed by atoms with E-state index < -0.39 is 0 Å². The molecule has 6 nitrogen and oxygen atoms in total. The number of hydrogen-bond acceptors (Lipinski definition) is 3. The molecule has 0 amide bonds. The van der Waals surface area contributed by atoms with E-state index in [1.807, 2.05) is 36.1 Å². The number of nitrogens with zero attached hydrogens (tertiary/aromatic N) is 6. The number of anilines is 3. The number of imidazole rings is 3. The fourth-order valence-corrected chi connectivity index (χ4v) is 5.83. The Kier molecular flexibility index (Phi) is 5.25. The van der Waals surface area contributed by atoms with E-state index in [0.29, 0.717) is 0 Å². The Morgan fingerprint density at radius 3 is 2.10 bits per heavy atom. The summed E-state index contributed by atoms with van der Waals surface area (Å²) in [5.41, 5.74) is 9.63. The van der Waals surface area contributed by atoms with E-state index in [2.05, 4.69) is 134 Å². The number of hydrogen-bond donors (Lipinski definition) is 0. The van der Waals surface area contributed by atoms with Gasteiger partial charge in [0.15, 0.2) is 0 Å². The fourth-order valence-electron chi connectivity index (χ4n) is 5.83. The number of aryl methyl sites for hydroxylation is 1. The van der Waals surface area contributed by atoms with Crippen LogP contribution in [-0.2, 0) is 7.05 Å². The first-order valence-corrected chi connectivity index (χ1v) is 13.7. The van der Waals surface area contributed by atoms with E-state index in [1.165, 1.54) is 0 Å². The quantitative estimate of drug-likeness (QED) is 0.225. The lowest BCUT2D eigenvalue weighted by atomic mass is 10.1. The normalized spacial score (nSPS) is 11.5. The van der Waals surface area contributed by atoms with Crippen LogP contribution in [0.25, 0.3) is 44.9 Å². The van der Waals surface area contributed by atoms with Gasteiger partial charge in [0.05, 0.1) is 27.8 Å². The van der Waals surface area contributed by atoms with E-state index in [4.69, 9.17) is 4.98 Å². The van der Waals surface area contributed by atoms with E-state index in [-0.39, 0.29) is 0 Å². The smallest absolute Gasteiger partial charge is 0.220 e. The third-order valence-electron chi connectivity index (χ3n) is 7.65. The van der Waals surface area contributed by atoms with Crippen molar-refractivity contribution in [3.8, 4) is 17.1 Å². The average Bonchev–Trinajstić information content (AvgIpc) is 3.70. The van der Waals surface area contributed by atoms with Gasteiger partial charge in [0, 0.05) is 42.1 Å². The molecule has 0 saturated carbocycles. The van der Waals surface area contributed by atoms with Crippen molar-refractivity contribution in [2.24, 2.45) is 7.05 Å². The third kappa shape index (κ3) is 3.72. The molecular weight excluding hydrogens is 504 g/mol. The van der Waals surface area contributed by atoms with Gasteiger partial charge in [0.1, 0.15) is 5.82 Å². The molecular formula is C35H26N6. The lowest BCUT2D eigenvalue weighted by molar-refractivity contribution is 0.925. The van der Waals surface area contributed by atoms with E-state index in [9.17, 15) is 0 Å². The molecule has 8 rings (SSSR count). The molecule has 0 spiro atoms. The summed E-state index contributed by atoms with van der Waals surface area (Å²) in [4.78, 5) is 12.0. The van der Waals surface area contributed by atoms with Crippen LogP contribution >= 0.6 is 0 Å². The molecule has 41 heavy (non-hydrogen) atoms. The molecule has 3 aromatic heterocycles. The van der Waals surface area contributed by atoms with Crippen LogP contribution in [0.2, 0.25) is 0 Å². The SMILES string of the molecule is Cn1ccnc1-c1cccc(N(c2ccccc2)c2cccc(-n3c4ccccc4n4c5ccccc5nc34)c2)c1. The van der Waals surface area contributed by atoms with E-state index in [1.54, 1.807) is 0 Å². The molecule has 0 aliphatic rings. The van der Waals surface area contributed by atoms with Crippen LogP contribution in [0, 0.1) is 0 Å². The molecule has 0 saturated heterocycles. The largest absolute Gasteiger partial charge is 0.334 e. The molecule has 0 atom stereocenters. The molecule has 5 aromatic carbocycles. The first kappa shape index (κ1) is 23.3. The maximum Gasteiger partial charge on any atom is 0.220 e. The minimum absolute atomic E-state index is 0.896. The molecule has 0 aliphatic heterocycles. The van der Waals surface area contributed by atoms with Crippen LogP contribution in [0.1, 0.15) is 0 Å². The molecule has 3 heterocycles. The summed E-state index contributed by atoms with van der Waals surface area (Å²) in [6.07, 6.45) is 3.81. The van der Waals surface area contributed by atoms with Crippen molar-refractivity contribution in [2.45, 2.75) is 0 Å². The number of rotatable bonds is 5. The van der Waals surface area contributed by atoms with Gasteiger partial charge in [0.2, 0.25) is 5.78 Å². The Hall–Kier alpha value is -5.62. The Balaban J connectivity index is 1.34. The molecule has 0 radical (unpaired) electrons. The van der Waals surface area contributed by atoms with E-state index in [0.717, 1.165) is 62.0 Å². The van der Waals surface area contributed by atoms with Gasteiger partial charge < -0.3 is 9.47 Å². The Bertz CT molecular complexity index is 2180. The first-order valence-electron chi connectivity index (χ1n) is 13.7. The highest BCUT2D eigenvalue weighted by Crippen LogP contribution is 2.38. The zero-order valence-corrected chi connectivity index (χ0v) is 22.5. The second kappa shape index (κ2) is 9.24. The molecule has 0 fully saturated rings. The second-order valence-electron chi connectivity index (χ2n) is 10.2. The highest BCUT2D eigenvalue weighted by atomic mass is 15.2. The summed E-state index contributed by atoms with van der Waals surface area (Å²) in [7, 11) is 2.02. The van der Waals surface area contributed by atoms with E-state index >= 15 is 0 Å². The van der Waals surface area contributed by atoms with Crippen molar-refractivity contribution in [3.05, 3.63) is 140 Å². The maximum atomic E-state index is 5.07. The minimum Gasteiger partial charge on any atom is -0.334 e. The second-order valence-corrected chi connectivity index (χ2v) is 10.2. The van der Waals surface area contributed by atoms with Crippen molar-refractivity contribution in [3.63, 3.8) is 0 Å². The van der Waals surface area contributed by atoms with Crippen LogP contribution < -0.4 is 4.90 Å². The zero-order valence-electron chi connectivity index (χ0n) is 22.5. The molecule has 0 aliphatic carbocycles. The number of para-hydroxylation sites is 5. The van der Waals surface area contributed by atoms with Gasteiger partial charge in [-0.05, 0) is 66.7 Å². The van der Waals surface area contributed by atoms with Crippen LogP contribution in [0.5, 0.6) is 0 Å². The summed E-state index contributed by atoms with van der Waals surface area (Å²) in [5, 5.41) is 0. The van der Waals surface area contributed by atoms with Crippen molar-refractivity contribution < 1.29 is 0 Å². The van der Waals surface area contributed by atoms with Gasteiger partial charge >= 0.3 is 0 Å². The van der Waals surface area contributed by atoms with Gasteiger partial charge in [-0.3, -0.25) is 8.97 Å². The monoisotopic (exact) mass is 530 g/mol. The van der Waals surface area contributed by atoms with Gasteiger partial charge in [-0.1, -0.05) is 60.7 Å². The van der Waals surface area contributed by atoms with Crippen molar-refractivity contribution in [1.29, 1.82) is 0 Å². The lowest BCUT2D eigenvalue weighted by Gasteiger charge is -2.26. The predicted octanol–water partition coefficient (Wildman–Crippen LogP) is 8.30. The third-order valence-corrected chi connectivity index (χ3v) is 7.65. The maximum absolute atomic E-state index is 5.07. The Morgan fingerprint density at radius 1 is 0.610 bits per heavy atom. The minimum atomic E-state index is 0.896. The van der Waals surface area contributed by atoms with Crippen molar-refractivity contribution in [2.75, 3.05) is 4.90 Å². The zero-order chi connectivity index (χ0) is 27.3. The predicted molar refractivity (Wildman–Crippen MR) is 166 cm³/mol. The lowest BCUT2D eigenvalue weighted by Crippen LogP contribution is -2.10. The summed E-state index contributed by atoms with van der Waals surface area (Å²) in [6, 6.07) is 44.5. The molecule has 0 N–H and O–H groups in total. The van der Waals surface area contributed by atoms with Crippen molar-refractivity contribution in [1.82, 2.24) is 23.5 Å². The van der Waals surface area contributed by atoms with Crippen LogP contribution in [0.15, 0.2) is 140 Å². The Morgan fingerprint density at radius 2 is 1.29 bits per heavy atom. The summed E-state index contributed by atoms with van der Waals surface area (Å²) < 4.78 is 6.55. The Labute approximate surface area is 237 Å². The molecule has 0 unspecified atom stereocenters. The molecule has 6 heteroatoms. The highest BCUT2D eigenvalue weighted by Gasteiger charge is 2.19. The molecule has 8 aromatic rings. The van der Waals surface area contributed by atoms with Crippen LogP contribution in [-0.4, -0.2) is 23.5 Å². The van der Waals surface area contributed by atoms with Gasteiger partial charge in [-0.2, -0.15) is 0 Å². The van der Waals surface area contributed by atoms with Crippen LogP contribution in [0.4, 0.5) is 17.1 Å². The number of aromatic nitrogens is 5. The average molecular weight is 531 g/mol. The van der Waals surface area contributed by atoms with Crippen LogP contribution in [0.3, 0.4) is 0 Å². The first-order chi connectivity index (χ1) is 20.3. The molecule has 196 valence electrons. The summed E-state index contributed by atoms with van der Waals surface area (Å²) in [5.74, 6) is 1.83. The standard InChI is InChI=1S/C35H26N6/c1-38-22-21-36-34(38)25-11-9-14-27(23-25)39(26-12-3-2-4-13-26)28-15-10-16-29(24-28)40-32-19-7-8-20-33(32)41-31-18-6-5-17-30(31)37-35(40)41/h2-24H,1H3. The fraction of sp³-hybridized carbons (Fsp3) is 0.0286. The number of benzene rings is 5.